The summed E-state index contributed by atoms with van der Waals surface area (Å²) in [6.45, 7) is 0. The van der Waals surface area contributed by atoms with Gasteiger partial charge in [0, 0.05) is 33.7 Å². The fourth-order valence-electron chi connectivity index (χ4n) is 5.85. The second-order valence-electron chi connectivity index (χ2n) is 9.48. The predicted octanol–water partition coefficient (Wildman–Crippen LogP) is 1.28. The van der Waals surface area contributed by atoms with Crippen LogP contribution in [0.5, 0.6) is 5.75 Å². The molecular formula is C26H25N3O7S. The molecule has 0 spiro atoms. The number of anilines is 1. The molecule has 0 heterocycles. The van der Waals surface area contributed by atoms with Gasteiger partial charge in [-0.05, 0) is 42.2 Å². The average molecular weight is 524 g/mol. The first-order valence-corrected chi connectivity index (χ1v) is 12.5. The smallest absolute Gasteiger partial charge is 0.255 e. The van der Waals surface area contributed by atoms with Crippen LogP contribution in [-0.2, 0) is 14.4 Å². The summed E-state index contributed by atoms with van der Waals surface area (Å²) >= 11 is 1.46. The Morgan fingerprint density at radius 2 is 1.76 bits per heavy atom. The monoisotopic (exact) mass is 523 g/mol. The van der Waals surface area contributed by atoms with Gasteiger partial charge in [-0.2, -0.15) is 0 Å². The van der Waals surface area contributed by atoms with Crippen LogP contribution >= 0.6 is 11.8 Å². The Kier molecular flexibility index (Phi) is 5.81. The molecule has 5 rings (SSSR count). The molecule has 1 saturated carbocycles. The van der Waals surface area contributed by atoms with Crippen molar-refractivity contribution in [1.29, 1.82) is 0 Å². The van der Waals surface area contributed by atoms with Crippen LogP contribution in [0, 0.1) is 11.8 Å². The highest BCUT2D eigenvalue weighted by Crippen LogP contribution is 2.57. The van der Waals surface area contributed by atoms with Gasteiger partial charge in [0.1, 0.15) is 22.8 Å². The highest BCUT2D eigenvalue weighted by molar-refractivity contribution is 7.99. The summed E-state index contributed by atoms with van der Waals surface area (Å²) in [5.41, 5.74) is 14.4. The predicted molar refractivity (Wildman–Crippen MR) is 135 cm³/mol. The molecule has 1 amide bonds. The first kappa shape index (κ1) is 24.9. The van der Waals surface area contributed by atoms with E-state index in [4.69, 9.17) is 17.2 Å². The number of primary amides is 1. The molecule has 0 aliphatic heterocycles. The largest absolute Gasteiger partial charge is 0.508 e. The molecular weight excluding hydrogens is 498 g/mol. The van der Waals surface area contributed by atoms with Crippen molar-refractivity contribution in [1.82, 2.24) is 0 Å². The van der Waals surface area contributed by atoms with Crippen LogP contribution in [0.25, 0.3) is 5.76 Å². The third kappa shape index (κ3) is 3.45. The van der Waals surface area contributed by atoms with E-state index < -0.39 is 64.0 Å². The van der Waals surface area contributed by atoms with E-state index >= 15 is 0 Å². The standard InChI is InChI=1S/C26H25N3O7S/c27-14-6-7-15(30)18-16(14)12(9-37-10-4-2-1-3-5-10)11-8-13-20(28)22(32)19(25(29)35)24(34)26(13,36)23(33)17(11)21(18)31/h1-7,11-13,20,30-31,34,36H,8-9,27-28H2,(H2,29,35)/t11-,12-,13+,20+,26+/m1/s1. The zero-order chi connectivity index (χ0) is 26.8. The van der Waals surface area contributed by atoms with Crippen LogP contribution in [0.1, 0.15) is 23.5 Å². The number of carbonyl (C=O) groups excluding carboxylic acids is 3. The van der Waals surface area contributed by atoms with Crippen molar-refractivity contribution in [2.24, 2.45) is 23.3 Å². The third-order valence-electron chi connectivity index (χ3n) is 7.61. The number of aromatic hydroxyl groups is 1. The van der Waals surface area contributed by atoms with Crippen LogP contribution < -0.4 is 17.2 Å². The Bertz CT molecular complexity index is 1420. The van der Waals surface area contributed by atoms with Crippen LogP contribution in [0.15, 0.2) is 64.3 Å². The highest BCUT2D eigenvalue weighted by Gasteiger charge is 2.64. The SMILES string of the molecule is NC(=O)C1=C(O)[C@@]2(O)C(=O)C3=C(O)c4c(O)ccc(N)c4[C@H](CSc4ccccc4)[C@H]3C[C@H]2[C@H](N)C1=O. The summed E-state index contributed by atoms with van der Waals surface area (Å²) < 4.78 is 0. The van der Waals surface area contributed by atoms with E-state index in [0.29, 0.717) is 11.3 Å². The first-order valence-electron chi connectivity index (χ1n) is 11.5. The number of benzene rings is 2. The maximum atomic E-state index is 13.9. The maximum absolute atomic E-state index is 13.9. The second kappa shape index (κ2) is 8.65. The van der Waals surface area contributed by atoms with Gasteiger partial charge in [-0.25, -0.2) is 0 Å². The molecule has 0 radical (unpaired) electrons. The number of amides is 1. The van der Waals surface area contributed by atoms with E-state index in [1.807, 2.05) is 30.3 Å². The summed E-state index contributed by atoms with van der Waals surface area (Å²) in [6, 6.07) is 10.7. The molecule has 11 heteroatoms. The summed E-state index contributed by atoms with van der Waals surface area (Å²) in [6.07, 6.45) is -0.0980. The molecule has 192 valence electrons. The molecule has 5 atom stereocenters. The number of fused-ring (bicyclic) bond motifs is 3. The van der Waals surface area contributed by atoms with Crippen molar-refractivity contribution < 1.29 is 34.8 Å². The number of carbonyl (C=O) groups is 3. The molecule has 3 aliphatic carbocycles. The van der Waals surface area contributed by atoms with Gasteiger partial charge >= 0.3 is 0 Å². The minimum absolute atomic E-state index is 0.0462. The average Bonchev–Trinajstić information content (AvgIpc) is 2.86. The van der Waals surface area contributed by atoms with Crippen LogP contribution in [0.3, 0.4) is 0 Å². The molecule has 0 bridgehead atoms. The van der Waals surface area contributed by atoms with Gasteiger partial charge in [0.25, 0.3) is 5.91 Å². The molecule has 2 aromatic carbocycles. The van der Waals surface area contributed by atoms with Crippen molar-refractivity contribution in [2.75, 3.05) is 11.5 Å². The Balaban J connectivity index is 1.71. The van der Waals surface area contributed by atoms with Crippen molar-refractivity contribution in [2.45, 2.75) is 28.9 Å². The topological polar surface area (TPSA) is 210 Å². The van der Waals surface area contributed by atoms with Gasteiger partial charge in [0.05, 0.1) is 11.6 Å². The van der Waals surface area contributed by atoms with Gasteiger partial charge in [0.2, 0.25) is 5.78 Å². The number of Topliss-reactive ketones (excluding diaryl/α,β-unsaturated/α-hetero) is 2. The van der Waals surface area contributed by atoms with Crippen molar-refractivity contribution >= 4 is 40.7 Å². The van der Waals surface area contributed by atoms with Gasteiger partial charge < -0.3 is 37.6 Å². The lowest BCUT2D eigenvalue weighted by atomic mass is 9.56. The highest BCUT2D eigenvalue weighted by atomic mass is 32.2. The lowest BCUT2D eigenvalue weighted by molar-refractivity contribution is -0.149. The van der Waals surface area contributed by atoms with Crippen LogP contribution in [0.2, 0.25) is 0 Å². The van der Waals surface area contributed by atoms with Gasteiger partial charge in [-0.1, -0.05) is 18.2 Å². The molecule has 0 unspecified atom stereocenters. The summed E-state index contributed by atoms with van der Waals surface area (Å²) in [5, 5.41) is 44.2. The molecule has 0 saturated heterocycles. The number of aliphatic hydroxyl groups is 3. The van der Waals surface area contributed by atoms with Gasteiger partial charge in [-0.15, -0.1) is 11.8 Å². The Labute approximate surface area is 215 Å². The summed E-state index contributed by atoms with van der Waals surface area (Å²) in [7, 11) is 0. The van der Waals surface area contributed by atoms with Gasteiger partial charge in [0.15, 0.2) is 11.4 Å². The normalized spacial score (nSPS) is 29.0. The number of hydrogen-bond acceptors (Lipinski definition) is 10. The van der Waals surface area contributed by atoms with E-state index in [1.54, 1.807) is 0 Å². The Hall–Kier alpha value is -3.80. The zero-order valence-corrected chi connectivity index (χ0v) is 20.2. The first-order chi connectivity index (χ1) is 17.5. The number of hydrogen-bond donors (Lipinski definition) is 7. The number of nitrogen functional groups attached to an aromatic ring is 1. The lowest BCUT2D eigenvalue weighted by Gasteiger charge is -2.50. The number of rotatable bonds is 4. The van der Waals surface area contributed by atoms with Crippen molar-refractivity contribution in [3.8, 4) is 5.75 Å². The van der Waals surface area contributed by atoms with Crippen LogP contribution in [-0.4, -0.2) is 55.3 Å². The molecule has 1 fully saturated rings. The Morgan fingerprint density at radius 1 is 1.08 bits per heavy atom. The Morgan fingerprint density at radius 3 is 2.41 bits per heavy atom. The van der Waals surface area contributed by atoms with E-state index in [2.05, 4.69) is 0 Å². The number of phenols is 1. The number of aliphatic hydroxyl groups excluding tert-OH is 2. The zero-order valence-electron chi connectivity index (χ0n) is 19.4. The molecule has 0 aromatic heterocycles. The molecule has 3 aliphatic rings. The number of ketones is 2. The molecule has 37 heavy (non-hydrogen) atoms. The van der Waals surface area contributed by atoms with E-state index in [1.165, 1.54) is 23.9 Å². The minimum Gasteiger partial charge on any atom is -0.508 e. The molecule has 10 nitrogen and oxygen atoms in total. The van der Waals surface area contributed by atoms with E-state index in [9.17, 15) is 34.8 Å². The number of phenolic OH excluding ortho intramolecular Hbond substituents is 1. The molecule has 10 N–H and O–H groups in total. The third-order valence-corrected chi connectivity index (χ3v) is 8.74. The fraction of sp³-hybridized carbons (Fsp3) is 0.269. The number of nitrogens with two attached hydrogens (primary N) is 3. The van der Waals surface area contributed by atoms with Crippen molar-refractivity contribution in [3.05, 3.63) is 70.5 Å². The van der Waals surface area contributed by atoms with Gasteiger partial charge in [-0.3, -0.25) is 14.4 Å². The van der Waals surface area contributed by atoms with Crippen LogP contribution in [0.4, 0.5) is 5.69 Å². The minimum atomic E-state index is -2.76. The summed E-state index contributed by atoms with van der Waals surface area (Å²) in [4.78, 5) is 39.5. The maximum Gasteiger partial charge on any atom is 0.255 e. The van der Waals surface area contributed by atoms with E-state index in [-0.39, 0.29) is 29.0 Å². The fourth-order valence-corrected chi connectivity index (χ4v) is 6.97. The number of thioether (sulfide) groups is 1. The second-order valence-corrected chi connectivity index (χ2v) is 10.6. The van der Waals surface area contributed by atoms with E-state index in [0.717, 1.165) is 4.90 Å². The molecule has 2 aromatic rings. The quantitative estimate of drug-likeness (QED) is 0.132. The lowest BCUT2D eigenvalue weighted by Crippen LogP contribution is -2.65. The summed E-state index contributed by atoms with van der Waals surface area (Å²) in [5.74, 6) is -7.79. The van der Waals surface area contributed by atoms with Crippen molar-refractivity contribution in [3.63, 3.8) is 0 Å².